The van der Waals surface area contributed by atoms with Crippen LogP contribution in [0.4, 0.5) is 15.8 Å². The summed E-state index contributed by atoms with van der Waals surface area (Å²) in [7, 11) is 3.91. The molecule has 148 valence electrons. The van der Waals surface area contributed by atoms with Gasteiger partial charge in [0.25, 0.3) is 5.91 Å². The summed E-state index contributed by atoms with van der Waals surface area (Å²) in [5.41, 5.74) is 2.00. The number of amides is 2. The zero-order chi connectivity index (χ0) is 20.3. The zero-order valence-corrected chi connectivity index (χ0v) is 16.2. The van der Waals surface area contributed by atoms with Crippen LogP contribution in [0.2, 0.25) is 0 Å². The molecule has 0 fully saturated rings. The van der Waals surface area contributed by atoms with E-state index in [2.05, 4.69) is 5.32 Å². The highest BCUT2D eigenvalue weighted by Gasteiger charge is 2.31. The molecule has 0 aliphatic carbocycles. The molecular weight excluding hydrogens is 361 g/mol. The molecule has 1 atom stereocenters. The van der Waals surface area contributed by atoms with Crippen LogP contribution in [-0.4, -0.2) is 50.0 Å². The minimum Gasteiger partial charge on any atom is -0.479 e. The molecule has 1 aliphatic heterocycles. The molecule has 3 rings (SSSR count). The highest BCUT2D eigenvalue weighted by atomic mass is 19.1. The Balaban J connectivity index is 1.73. The predicted octanol–water partition coefficient (Wildman–Crippen LogP) is 2.68. The van der Waals surface area contributed by atoms with Gasteiger partial charge in [0.15, 0.2) is 6.10 Å². The standard InChI is InChI=1S/C21H24FN3O3/c1-14-21(27)25(11-10-24(2)3)18-9-8-17(13-19(18)28-14)23-20(26)12-15-4-6-16(22)7-5-15/h4-9,13-14H,10-12H2,1-3H3,(H,23,26). The fourth-order valence-corrected chi connectivity index (χ4v) is 3.01. The Morgan fingerprint density at radius 3 is 2.61 bits per heavy atom. The molecule has 28 heavy (non-hydrogen) atoms. The molecule has 1 N–H and O–H groups in total. The lowest BCUT2D eigenvalue weighted by atomic mass is 10.1. The Labute approximate surface area is 163 Å². The highest BCUT2D eigenvalue weighted by Crippen LogP contribution is 2.36. The number of anilines is 2. The number of likely N-dealkylation sites (N-methyl/N-ethyl adjacent to an activating group) is 1. The van der Waals surface area contributed by atoms with Gasteiger partial charge in [0.05, 0.1) is 12.1 Å². The topological polar surface area (TPSA) is 61.9 Å². The summed E-state index contributed by atoms with van der Waals surface area (Å²) in [6.45, 7) is 3.00. The summed E-state index contributed by atoms with van der Waals surface area (Å²) < 4.78 is 18.7. The fraction of sp³-hybridized carbons (Fsp3) is 0.333. The number of fused-ring (bicyclic) bond motifs is 1. The van der Waals surface area contributed by atoms with Crippen molar-refractivity contribution in [3.8, 4) is 5.75 Å². The largest absolute Gasteiger partial charge is 0.479 e. The van der Waals surface area contributed by atoms with Crippen LogP contribution in [0.25, 0.3) is 0 Å². The van der Waals surface area contributed by atoms with Gasteiger partial charge in [0, 0.05) is 24.8 Å². The number of nitrogens with zero attached hydrogens (tertiary/aromatic N) is 2. The molecular formula is C21H24FN3O3. The summed E-state index contributed by atoms with van der Waals surface area (Å²) in [6.07, 6.45) is -0.443. The van der Waals surface area contributed by atoms with Gasteiger partial charge < -0.3 is 19.9 Å². The summed E-state index contributed by atoms with van der Waals surface area (Å²) in [5.74, 6) is -0.0673. The third-order valence-electron chi connectivity index (χ3n) is 4.50. The maximum Gasteiger partial charge on any atom is 0.267 e. The SMILES string of the molecule is CC1Oc2cc(NC(=O)Cc3ccc(F)cc3)ccc2N(CCN(C)C)C1=O. The van der Waals surface area contributed by atoms with E-state index in [9.17, 15) is 14.0 Å². The van der Waals surface area contributed by atoms with Crippen LogP contribution in [0.5, 0.6) is 5.75 Å². The second kappa shape index (κ2) is 8.39. The van der Waals surface area contributed by atoms with E-state index < -0.39 is 6.10 Å². The van der Waals surface area contributed by atoms with Crippen LogP contribution >= 0.6 is 0 Å². The van der Waals surface area contributed by atoms with Crippen molar-refractivity contribution < 1.29 is 18.7 Å². The first kappa shape index (κ1) is 19.8. The predicted molar refractivity (Wildman–Crippen MR) is 106 cm³/mol. The molecule has 1 heterocycles. The molecule has 0 radical (unpaired) electrons. The number of benzene rings is 2. The summed E-state index contributed by atoms with van der Waals surface area (Å²) in [5, 5.41) is 2.82. The molecule has 2 aromatic rings. The molecule has 6 nitrogen and oxygen atoms in total. The number of hydrogen-bond acceptors (Lipinski definition) is 4. The van der Waals surface area contributed by atoms with Gasteiger partial charge in [-0.2, -0.15) is 0 Å². The van der Waals surface area contributed by atoms with Crippen LogP contribution in [0.15, 0.2) is 42.5 Å². The zero-order valence-electron chi connectivity index (χ0n) is 16.2. The van der Waals surface area contributed by atoms with Gasteiger partial charge in [-0.1, -0.05) is 12.1 Å². The van der Waals surface area contributed by atoms with Crippen molar-refractivity contribution in [2.75, 3.05) is 37.4 Å². The van der Waals surface area contributed by atoms with Crippen LogP contribution in [0.3, 0.4) is 0 Å². The Bertz CT molecular complexity index is 868. The van der Waals surface area contributed by atoms with Crippen LogP contribution < -0.4 is 15.0 Å². The normalized spacial score (nSPS) is 16.0. The first-order chi connectivity index (χ1) is 13.3. The quantitative estimate of drug-likeness (QED) is 0.831. The summed E-state index contributed by atoms with van der Waals surface area (Å²) in [6, 6.07) is 11.1. The maximum atomic E-state index is 13.0. The molecule has 0 spiro atoms. The van der Waals surface area contributed by atoms with E-state index in [-0.39, 0.29) is 24.1 Å². The lowest BCUT2D eigenvalue weighted by Crippen LogP contribution is -2.46. The summed E-state index contributed by atoms with van der Waals surface area (Å²) >= 11 is 0. The van der Waals surface area contributed by atoms with Crippen molar-refractivity contribution in [2.24, 2.45) is 0 Å². The molecule has 0 aromatic heterocycles. The van der Waals surface area contributed by atoms with Gasteiger partial charge in [-0.3, -0.25) is 9.59 Å². The maximum absolute atomic E-state index is 13.0. The molecule has 1 unspecified atom stereocenters. The minimum atomic E-state index is -0.583. The Morgan fingerprint density at radius 1 is 1.21 bits per heavy atom. The van der Waals surface area contributed by atoms with E-state index in [0.29, 0.717) is 23.7 Å². The van der Waals surface area contributed by atoms with E-state index >= 15 is 0 Å². The first-order valence-electron chi connectivity index (χ1n) is 9.14. The number of hydrogen-bond donors (Lipinski definition) is 1. The van der Waals surface area contributed by atoms with Gasteiger partial charge >= 0.3 is 0 Å². The van der Waals surface area contributed by atoms with Crippen LogP contribution in [0.1, 0.15) is 12.5 Å². The second-order valence-electron chi connectivity index (χ2n) is 7.09. The molecule has 2 amide bonds. The average molecular weight is 385 g/mol. The molecule has 0 bridgehead atoms. The second-order valence-corrected chi connectivity index (χ2v) is 7.09. The third-order valence-corrected chi connectivity index (χ3v) is 4.50. The Hall–Kier alpha value is -2.93. The number of carbonyl (C=O) groups is 2. The van der Waals surface area contributed by atoms with E-state index in [1.54, 1.807) is 42.2 Å². The number of ether oxygens (including phenoxy) is 1. The van der Waals surface area contributed by atoms with E-state index in [1.807, 2.05) is 19.0 Å². The van der Waals surface area contributed by atoms with Crippen molar-refractivity contribution in [3.05, 3.63) is 53.8 Å². The molecule has 7 heteroatoms. The first-order valence-corrected chi connectivity index (χ1v) is 9.14. The number of halogens is 1. The Morgan fingerprint density at radius 2 is 1.93 bits per heavy atom. The fourth-order valence-electron chi connectivity index (χ4n) is 3.01. The van der Waals surface area contributed by atoms with Gasteiger partial charge in [0.1, 0.15) is 11.6 Å². The lowest BCUT2D eigenvalue weighted by molar-refractivity contribution is -0.125. The minimum absolute atomic E-state index is 0.0811. The van der Waals surface area contributed by atoms with Gasteiger partial charge in [-0.05, 0) is 50.8 Å². The van der Waals surface area contributed by atoms with Crippen molar-refractivity contribution in [2.45, 2.75) is 19.4 Å². The highest BCUT2D eigenvalue weighted by molar-refractivity contribution is 6.00. The van der Waals surface area contributed by atoms with Crippen molar-refractivity contribution in [1.29, 1.82) is 0 Å². The summed E-state index contributed by atoms with van der Waals surface area (Å²) in [4.78, 5) is 28.5. The van der Waals surface area contributed by atoms with Gasteiger partial charge in [-0.25, -0.2) is 4.39 Å². The van der Waals surface area contributed by atoms with Crippen LogP contribution in [0, 0.1) is 5.82 Å². The van der Waals surface area contributed by atoms with Crippen LogP contribution in [-0.2, 0) is 16.0 Å². The molecule has 1 aliphatic rings. The third kappa shape index (κ3) is 4.67. The molecule has 2 aromatic carbocycles. The lowest BCUT2D eigenvalue weighted by Gasteiger charge is -2.34. The van der Waals surface area contributed by atoms with Gasteiger partial charge in [0.2, 0.25) is 5.91 Å². The van der Waals surface area contributed by atoms with Crippen molar-refractivity contribution >= 4 is 23.2 Å². The van der Waals surface area contributed by atoms with Crippen molar-refractivity contribution in [1.82, 2.24) is 4.90 Å². The number of nitrogens with one attached hydrogen (secondary N) is 1. The van der Waals surface area contributed by atoms with E-state index in [0.717, 1.165) is 12.1 Å². The number of rotatable bonds is 6. The molecule has 0 saturated carbocycles. The van der Waals surface area contributed by atoms with E-state index in [1.165, 1.54) is 12.1 Å². The Kier molecular flexibility index (Phi) is 5.94. The van der Waals surface area contributed by atoms with E-state index in [4.69, 9.17) is 4.74 Å². The monoisotopic (exact) mass is 385 g/mol. The molecule has 0 saturated heterocycles. The average Bonchev–Trinajstić information content (AvgIpc) is 2.64. The van der Waals surface area contributed by atoms with Gasteiger partial charge in [-0.15, -0.1) is 0 Å². The number of carbonyl (C=O) groups excluding carboxylic acids is 2. The smallest absolute Gasteiger partial charge is 0.267 e. The van der Waals surface area contributed by atoms with Crippen molar-refractivity contribution in [3.63, 3.8) is 0 Å².